The van der Waals surface area contributed by atoms with Crippen molar-refractivity contribution in [2.45, 2.75) is 38.9 Å². The van der Waals surface area contributed by atoms with Gasteiger partial charge in [-0.25, -0.2) is 4.79 Å². The Hall–Kier alpha value is -1.47. The lowest BCUT2D eigenvalue weighted by molar-refractivity contribution is -0.149. The van der Waals surface area contributed by atoms with E-state index in [1.807, 2.05) is 13.8 Å². The van der Waals surface area contributed by atoms with Gasteiger partial charge in [-0.3, -0.25) is 4.79 Å². The van der Waals surface area contributed by atoms with Gasteiger partial charge in [0, 0.05) is 13.1 Å². The van der Waals surface area contributed by atoms with Gasteiger partial charge in [0.2, 0.25) is 0 Å². The zero-order valence-corrected chi connectivity index (χ0v) is 11.2. The van der Waals surface area contributed by atoms with Gasteiger partial charge in [0.25, 0.3) is 0 Å². The molecular weight excluding hydrogens is 265 g/mol. The lowest BCUT2D eigenvalue weighted by Crippen LogP contribution is -2.50. The summed E-state index contributed by atoms with van der Waals surface area (Å²) in [6.45, 7) is 1.08. The Morgan fingerprint density at radius 1 is 1.21 bits per heavy atom. The fraction of sp³-hybridized carbons (Fsp3) is 0.818. The van der Waals surface area contributed by atoms with Gasteiger partial charge in [0.1, 0.15) is 13.1 Å². The number of halogens is 3. The van der Waals surface area contributed by atoms with Crippen molar-refractivity contribution in [2.24, 2.45) is 0 Å². The molecule has 0 aromatic carbocycles. The first-order chi connectivity index (χ1) is 8.62. The molecule has 0 bridgehead atoms. The standard InChI is InChI=1S/C11H19F3N2O3/c1-4-8(5-2)15(3)10(19)16(6-9(17)18)7-11(12,13)14/h8H,4-7H2,1-3H3,(H,17,18). The summed E-state index contributed by atoms with van der Waals surface area (Å²) in [5.41, 5.74) is 0. The molecule has 0 fully saturated rings. The Balaban J connectivity index is 4.93. The minimum atomic E-state index is -4.63. The average molecular weight is 284 g/mol. The number of hydrogen-bond acceptors (Lipinski definition) is 2. The quantitative estimate of drug-likeness (QED) is 0.813. The molecule has 0 rings (SSSR count). The van der Waals surface area contributed by atoms with Crippen molar-refractivity contribution in [2.75, 3.05) is 20.1 Å². The highest BCUT2D eigenvalue weighted by atomic mass is 19.4. The van der Waals surface area contributed by atoms with Crippen LogP contribution < -0.4 is 0 Å². The van der Waals surface area contributed by atoms with Crippen molar-refractivity contribution in [1.82, 2.24) is 9.80 Å². The monoisotopic (exact) mass is 284 g/mol. The van der Waals surface area contributed by atoms with Crippen LogP contribution in [-0.4, -0.2) is 59.3 Å². The first kappa shape index (κ1) is 17.5. The van der Waals surface area contributed by atoms with Crippen molar-refractivity contribution >= 4 is 12.0 Å². The topological polar surface area (TPSA) is 60.9 Å². The van der Waals surface area contributed by atoms with Crippen molar-refractivity contribution in [1.29, 1.82) is 0 Å². The van der Waals surface area contributed by atoms with Crippen LogP contribution in [-0.2, 0) is 4.79 Å². The van der Waals surface area contributed by atoms with Crippen LogP contribution in [0.25, 0.3) is 0 Å². The molecule has 0 aliphatic heterocycles. The first-order valence-corrected chi connectivity index (χ1v) is 5.92. The van der Waals surface area contributed by atoms with Gasteiger partial charge < -0.3 is 14.9 Å². The summed E-state index contributed by atoms with van der Waals surface area (Å²) in [4.78, 5) is 23.9. The minimum Gasteiger partial charge on any atom is -0.480 e. The summed E-state index contributed by atoms with van der Waals surface area (Å²) >= 11 is 0. The van der Waals surface area contributed by atoms with Crippen LogP contribution in [0.5, 0.6) is 0 Å². The maximum atomic E-state index is 12.3. The summed E-state index contributed by atoms with van der Waals surface area (Å²) in [6.07, 6.45) is -3.45. The summed E-state index contributed by atoms with van der Waals surface area (Å²) < 4.78 is 37.0. The number of carboxylic acids is 1. The highest BCUT2D eigenvalue weighted by Gasteiger charge is 2.35. The molecule has 0 aromatic rings. The molecule has 0 heterocycles. The van der Waals surface area contributed by atoms with E-state index in [2.05, 4.69) is 0 Å². The second kappa shape index (κ2) is 7.20. The molecule has 0 aliphatic carbocycles. The maximum absolute atomic E-state index is 12.3. The average Bonchev–Trinajstić information content (AvgIpc) is 2.26. The number of carboxylic acid groups (broad SMARTS) is 1. The number of alkyl halides is 3. The first-order valence-electron chi connectivity index (χ1n) is 5.92. The normalized spacial score (nSPS) is 11.5. The Bertz CT molecular complexity index is 317. The second-order valence-corrected chi connectivity index (χ2v) is 4.23. The molecule has 0 atom stereocenters. The van der Waals surface area contributed by atoms with Crippen molar-refractivity contribution in [3.05, 3.63) is 0 Å². The van der Waals surface area contributed by atoms with Gasteiger partial charge in [0.15, 0.2) is 0 Å². The van der Waals surface area contributed by atoms with E-state index in [1.165, 1.54) is 7.05 Å². The van der Waals surface area contributed by atoms with Crippen LogP contribution in [0.4, 0.5) is 18.0 Å². The third kappa shape index (κ3) is 6.30. The number of rotatable bonds is 6. The minimum absolute atomic E-state index is 0.211. The van der Waals surface area contributed by atoms with E-state index in [-0.39, 0.29) is 6.04 Å². The van der Waals surface area contributed by atoms with Crippen molar-refractivity contribution in [3.63, 3.8) is 0 Å². The van der Waals surface area contributed by atoms with Crippen LogP contribution in [0.2, 0.25) is 0 Å². The molecule has 5 nitrogen and oxygen atoms in total. The van der Waals surface area contributed by atoms with Crippen LogP contribution in [0.1, 0.15) is 26.7 Å². The lowest BCUT2D eigenvalue weighted by atomic mass is 10.1. The number of nitrogens with zero attached hydrogens (tertiary/aromatic N) is 2. The second-order valence-electron chi connectivity index (χ2n) is 4.23. The summed E-state index contributed by atoms with van der Waals surface area (Å²) in [6, 6.07) is -1.13. The summed E-state index contributed by atoms with van der Waals surface area (Å²) in [5.74, 6) is -1.48. The van der Waals surface area contributed by atoms with E-state index in [4.69, 9.17) is 5.11 Å². The number of amides is 2. The third-order valence-electron chi connectivity index (χ3n) is 2.76. The summed E-state index contributed by atoms with van der Waals surface area (Å²) in [7, 11) is 1.38. The third-order valence-corrected chi connectivity index (χ3v) is 2.76. The molecule has 0 aliphatic rings. The van der Waals surface area contributed by atoms with E-state index >= 15 is 0 Å². The molecule has 0 saturated heterocycles. The predicted octanol–water partition coefficient (Wildman–Crippen LogP) is 2.18. The number of aliphatic carboxylic acids is 1. The van der Waals surface area contributed by atoms with Gasteiger partial charge in [-0.2, -0.15) is 13.2 Å². The molecule has 0 unspecified atom stereocenters. The van der Waals surface area contributed by atoms with Crippen LogP contribution in [0.15, 0.2) is 0 Å². The number of carbonyl (C=O) groups is 2. The molecule has 112 valence electrons. The number of urea groups is 1. The van der Waals surface area contributed by atoms with Crippen molar-refractivity contribution < 1.29 is 27.9 Å². The Morgan fingerprint density at radius 3 is 2.00 bits per heavy atom. The lowest BCUT2D eigenvalue weighted by Gasteiger charge is -2.32. The summed E-state index contributed by atoms with van der Waals surface area (Å²) in [5, 5.41) is 8.58. The van der Waals surface area contributed by atoms with Crippen molar-refractivity contribution in [3.8, 4) is 0 Å². The predicted molar refractivity (Wildman–Crippen MR) is 62.8 cm³/mol. The maximum Gasteiger partial charge on any atom is 0.406 e. The van der Waals surface area contributed by atoms with Gasteiger partial charge in [-0.1, -0.05) is 13.8 Å². The van der Waals surface area contributed by atoms with Crippen LogP contribution in [0.3, 0.4) is 0 Å². The van der Waals surface area contributed by atoms with Crippen LogP contribution in [0, 0.1) is 0 Å². The van der Waals surface area contributed by atoms with Gasteiger partial charge in [-0.15, -0.1) is 0 Å². The zero-order chi connectivity index (χ0) is 15.2. The molecule has 0 spiro atoms. The molecule has 0 aromatic heterocycles. The largest absolute Gasteiger partial charge is 0.480 e. The highest BCUT2D eigenvalue weighted by Crippen LogP contribution is 2.18. The smallest absolute Gasteiger partial charge is 0.406 e. The number of carbonyl (C=O) groups excluding carboxylic acids is 1. The Morgan fingerprint density at radius 2 is 1.68 bits per heavy atom. The molecule has 1 N–H and O–H groups in total. The van der Waals surface area contributed by atoms with E-state index in [0.29, 0.717) is 17.7 Å². The van der Waals surface area contributed by atoms with Crippen LogP contribution >= 0.6 is 0 Å². The molecular formula is C11H19F3N2O3. The van der Waals surface area contributed by atoms with E-state index in [9.17, 15) is 22.8 Å². The molecule has 2 amide bonds. The molecule has 8 heteroatoms. The molecule has 0 saturated carbocycles. The Kier molecular flexibility index (Phi) is 6.64. The van der Waals surface area contributed by atoms with E-state index < -0.39 is 31.3 Å². The SMILES string of the molecule is CCC(CC)N(C)C(=O)N(CC(=O)O)CC(F)(F)F. The van der Waals surface area contributed by atoms with Gasteiger partial charge in [0.05, 0.1) is 0 Å². The molecule has 0 radical (unpaired) electrons. The van der Waals surface area contributed by atoms with E-state index in [0.717, 1.165) is 4.90 Å². The fourth-order valence-corrected chi connectivity index (χ4v) is 1.79. The highest BCUT2D eigenvalue weighted by molar-refractivity contribution is 5.80. The zero-order valence-electron chi connectivity index (χ0n) is 11.2. The van der Waals surface area contributed by atoms with Gasteiger partial charge in [-0.05, 0) is 12.8 Å². The van der Waals surface area contributed by atoms with E-state index in [1.54, 1.807) is 0 Å². The Labute approximate surface area is 110 Å². The fourth-order valence-electron chi connectivity index (χ4n) is 1.79. The number of hydrogen-bond donors (Lipinski definition) is 1. The van der Waals surface area contributed by atoms with Gasteiger partial charge >= 0.3 is 18.2 Å². The molecule has 19 heavy (non-hydrogen) atoms.